The van der Waals surface area contributed by atoms with Gasteiger partial charge in [-0.05, 0) is 30.0 Å². The average Bonchev–Trinajstić information content (AvgIpc) is 2.57. The fourth-order valence-corrected chi connectivity index (χ4v) is 2.70. The number of hydrogen-bond acceptors (Lipinski definition) is 7. The van der Waals surface area contributed by atoms with Gasteiger partial charge in [-0.2, -0.15) is 4.98 Å². The molecule has 7 heteroatoms. The third kappa shape index (κ3) is 3.72. The Morgan fingerprint density at radius 3 is 2.62 bits per heavy atom. The van der Waals surface area contributed by atoms with Crippen LogP contribution in [0.25, 0.3) is 10.8 Å². The average molecular weight is 357 g/mol. The summed E-state index contributed by atoms with van der Waals surface area (Å²) in [5.41, 5.74) is -0.588. The smallest absolute Gasteiger partial charge is 0.347 e. The van der Waals surface area contributed by atoms with E-state index in [1.807, 2.05) is 0 Å². The molecule has 0 saturated carbocycles. The molecule has 7 nitrogen and oxygen atoms in total. The molecule has 0 unspecified atom stereocenters. The monoisotopic (exact) mass is 357 g/mol. The van der Waals surface area contributed by atoms with Crippen molar-refractivity contribution in [2.45, 2.75) is 32.6 Å². The van der Waals surface area contributed by atoms with Crippen molar-refractivity contribution in [2.24, 2.45) is 0 Å². The van der Waals surface area contributed by atoms with E-state index in [0.717, 1.165) is 19.3 Å². The van der Waals surface area contributed by atoms with Gasteiger partial charge in [-0.1, -0.05) is 19.8 Å². The lowest BCUT2D eigenvalue weighted by atomic mass is 10.1. The first-order chi connectivity index (χ1) is 12.5. The van der Waals surface area contributed by atoms with Crippen molar-refractivity contribution in [1.82, 2.24) is 4.98 Å². The van der Waals surface area contributed by atoms with E-state index in [-0.39, 0.29) is 28.5 Å². The van der Waals surface area contributed by atoms with E-state index in [1.165, 1.54) is 24.3 Å². The fraction of sp³-hybridized carbons (Fsp3) is 0.263. The van der Waals surface area contributed by atoms with Crippen molar-refractivity contribution in [3.8, 4) is 29.0 Å². The number of phenolic OH excluding ortho intramolecular Hbond substituents is 1. The molecule has 0 amide bonds. The van der Waals surface area contributed by atoms with Crippen LogP contribution in [0.15, 0.2) is 39.5 Å². The molecule has 0 aliphatic rings. The maximum absolute atomic E-state index is 12.4. The van der Waals surface area contributed by atoms with Crippen LogP contribution in [0.2, 0.25) is 0 Å². The molecule has 0 atom stereocenters. The molecule has 0 bridgehead atoms. The number of phenols is 1. The van der Waals surface area contributed by atoms with Crippen LogP contribution in [0.4, 0.5) is 0 Å². The number of aromatic nitrogens is 1. The van der Waals surface area contributed by atoms with Crippen LogP contribution in [-0.4, -0.2) is 20.3 Å². The van der Waals surface area contributed by atoms with Gasteiger partial charge in [0.1, 0.15) is 22.6 Å². The van der Waals surface area contributed by atoms with Crippen molar-refractivity contribution in [3.63, 3.8) is 0 Å². The van der Waals surface area contributed by atoms with Crippen molar-refractivity contribution < 1.29 is 24.5 Å². The lowest BCUT2D eigenvalue weighted by Crippen LogP contribution is -2.04. The Hall–Kier alpha value is -3.22. The highest BCUT2D eigenvalue weighted by Crippen LogP contribution is 2.36. The topological polar surface area (TPSA) is 113 Å². The maximum Gasteiger partial charge on any atom is 0.347 e. The van der Waals surface area contributed by atoms with Crippen molar-refractivity contribution in [2.75, 3.05) is 0 Å². The van der Waals surface area contributed by atoms with Gasteiger partial charge in [-0.15, -0.1) is 0 Å². The maximum atomic E-state index is 12.4. The Kier molecular flexibility index (Phi) is 4.97. The minimum absolute atomic E-state index is 0.0247. The number of aromatic hydroxyl groups is 3. The summed E-state index contributed by atoms with van der Waals surface area (Å²) in [5.74, 6) is -0.503. The third-order valence-electron chi connectivity index (χ3n) is 3.93. The quantitative estimate of drug-likeness (QED) is 0.575. The number of ether oxygens (including phenoxy) is 1. The molecule has 2 heterocycles. The first kappa shape index (κ1) is 17.6. The zero-order valence-corrected chi connectivity index (χ0v) is 14.2. The number of pyridine rings is 1. The van der Waals surface area contributed by atoms with Crippen LogP contribution < -0.4 is 10.4 Å². The Morgan fingerprint density at radius 2 is 1.88 bits per heavy atom. The summed E-state index contributed by atoms with van der Waals surface area (Å²) in [4.78, 5) is 15.9. The molecule has 3 rings (SSSR count). The number of nitrogens with zero attached hydrogens (tertiary/aromatic N) is 1. The lowest BCUT2D eigenvalue weighted by molar-refractivity contribution is 0.376. The molecule has 2 aromatic heterocycles. The van der Waals surface area contributed by atoms with Gasteiger partial charge in [0.05, 0.1) is 0 Å². The number of rotatable bonds is 6. The highest BCUT2D eigenvalue weighted by atomic mass is 16.5. The highest BCUT2D eigenvalue weighted by molar-refractivity contribution is 5.89. The highest BCUT2D eigenvalue weighted by Gasteiger charge is 2.15. The predicted octanol–water partition coefficient (Wildman–Crippen LogP) is 3.83. The van der Waals surface area contributed by atoms with Crippen LogP contribution in [0.5, 0.6) is 29.0 Å². The molecule has 3 aromatic rings. The van der Waals surface area contributed by atoms with E-state index < -0.39 is 11.5 Å². The van der Waals surface area contributed by atoms with Crippen LogP contribution >= 0.6 is 0 Å². The summed E-state index contributed by atoms with van der Waals surface area (Å²) < 4.78 is 10.9. The number of benzene rings is 1. The van der Waals surface area contributed by atoms with Gasteiger partial charge < -0.3 is 24.5 Å². The molecule has 0 aliphatic heterocycles. The summed E-state index contributed by atoms with van der Waals surface area (Å²) in [6, 6.07) is 6.94. The summed E-state index contributed by atoms with van der Waals surface area (Å²) in [6.07, 6.45) is 3.62. The Labute approximate surface area is 149 Å². The van der Waals surface area contributed by atoms with Crippen LogP contribution in [0.1, 0.15) is 31.9 Å². The van der Waals surface area contributed by atoms with Gasteiger partial charge >= 0.3 is 5.63 Å². The van der Waals surface area contributed by atoms with E-state index in [4.69, 9.17) is 9.15 Å². The van der Waals surface area contributed by atoms with Gasteiger partial charge in [0, 0.05) is 18.6 Å². The second kappa shape index (κ2) is 7.35. The third-order valence-corrected chi connectivity index (χ3v) is 3.93. The molecule has 0 spiro atoms. The van der Waals surface area contributed by atoms with Gasteiger partial charge in [-0.25, -0.2) is 4.79 Å². The molecule has 0 saturated heterocycles. The second-order valence-corrected chi connectivity index (χ2v) is 5.96. The SMILES string of the molecule is CCCCCc1cc2cc(O)cc(Oc3ccc(O)nc3O)c2c(=O)o1. The van der Waals surface area contributed by atoms with Gasteiger partial charge in [0.2, 0.25) is 5.88 Å². The Bertz CT molecular complexity index is 995. The molecule has 0 aliphatic carbocycles. The van der Waals surface area contributed by atoms with Gasteiger partial charge in [0.15, 0.2) is 5.75 Å². The molecule has 26 heavy (non-hydrogen) atoms. The van der Waals surface area contributed by atoms with Crippen LogP contribution in [-0.2, 0) is 6.42 Å². The standard InChI is InChI=1S/C19H19NO6/c1-2-3-4-5-13-9-11-8-12(21)10-15(17(11)19(24)25-13)26-14-6-7-16(22)20-18(14)23/h6-10,21H,2-5H2,1H3,(H2,20,22,23). The molecule has 136 valence electrons. The summed E-state index contributed by atoms with van der Waals surface area (Å²) >= 11 is 0. The van der Waals surface area contributed by atoms with Crippen molar-refractivity contribution in [3.05, 3.63) is 46.5 Å². The predicted molar refractivity (Wildman–Crippen MR) is 95.0 cm³/mol. The number of fused-ring (bicyclic) bond motifs is 1. The molecular weight excluding hydrogens is 338 g/mol. The second-order valence-electron chi connectivity index (χ2n) is 5.96. The largest absolute Gasteiger partial charge is 0.508 e. The number of aryl methyl sites for hydroxylation is 1. The summed E-state index contributed by atoms with van der Waals surface area (Å²) in [6.45, 7) is 2.09. The van der Waals surface area contributed by atoms with Crippen LogP contribution in [0, 0.1) is 0 Å². The van der Waals surface area contributed by atoms with E-state index in [9.17, 15) is 20.1 Å². The molecule has 1 aromatic carbocycles. The zero-order chi connectivity index (χ0) is 18.7. The number of unbranched alkanes of at least 4 members (excludes halogenated alkanes) is 2. The van der Waals surface area contributed by atoms with E-state index in [2.05, 4.69) is 11.9 Å². The normalized spacial score (nSPS) is 11.0. The Balaban J connectivity index is 2.04. The van der Waals surface area contributed by atoms with E-state index >= 15 is 0 Å². The van der Waals surface area contributed by atoms with Gasteiger partial charge in [-0.3, -0.25) is 0 Å². The van der Waals surface area contributed by atoms with Crippen molar-refractivity contribution in [1.29, 1.82) is 0 Å². The van der Waals surface area contributed by atoms with E-state index in [0.29, 0.717) is 17.6 Å². The molecule has 3 N–H and O–H groups in total. The zero-order valence-electron chi connectivity index (χ0n) is 14.2. The summed E-state index contributed by atoms with van der Waals surface area (Å²) in [7, 11) is 0. The minimum Gasteiger partial charge on any atom is -0.508 e. The minimum atomic E-state index is -0.588. The van der Waals surface area contributed by atoms with E-state index in [1.54, 1.807) is 6.07 Å². The first-order valence-electron chi connectivity index (χ1n) is 8.34. The molecule has 0 radical (unpaired) electrons. The lowest BCUT2D eigenvalue weighted by Gasteiger charge is -2.10. The van der Waals surface area contributed by atoms with Gasteiger partial charge in [0.25, 0.3) is 5.88 Å². The summed E-state index contributed by atoms with van der Waals surface area (Å²) in [5, 5.41) is 29.6. The first-order valence-corrected chi connectivity index (χ1v) is 8.34. The van der Waals surface area contributed by atoms with Crippen molar-refractivity contribution >= 4 is 10.8 Å². The molecular formula is C19H19NO6. The Morgan fingerprint density at radius 1 is 1.08 bits per heavy atom. The molecule has 0 fully saturated rings. The number of hydrogen-bond donors (Lipinski definition) is 3. The fourth-order valence-electron chi connectivity index (χ4n) is 2.70. The van der Waals surface area contributed by atoms with Crippen LogP contribution in [0.3, 0.4) is 0 Å².